The van der Waals surface area contributed by atoms with Crippen molar-refractivity contribution < 1.29 is 4.92 Å². The number of hydrogen-bond acceptors (Lipinski definition) is 5. The summed E-state index contributed by atoms with van der Waals surface area (Å²) in [7, 11) is 7.35. The van der Waals surface area contributed by atoms with Crippen molar-refractivity contribution >= 4 is 23.9 Å². The third kappa shape index (κ3) is 4.74. The van der Waals surface area contributed by atoms with Gasteiger partial charge in [-0.3, -0.25) is 10.1 Å². The van der Waals surface area contributed by atoms with Gasteiger partial charge in [0.1, 0.15) is 6.20 Å². The molecule has 1 aromatic rings. The van der Waals surface area contributed by atoms with Gasteiger partial charge in [0.25, 0.3) is 5.69 Å². The lowest BCUT2D eigenvalue weighted by Gasteiger charge is -2.05. The van der Waals surface area contributed by atoms with Crippen LogP contribution in [0, 0.1) is 10.1 Å². The van der Waals surface area contributed by atoms with Gasteiger partial charge in [0, 0.05) is 28.2 Å². The van der Waals surface area contributed by atoms with Gasteiger partial charge in [-0.1, -0.05) is 0 Å². The monoisotopic (exact) mass is 263 g/mol. The molecule has 0 unspecified atom stereocenters. The predicted molar refractivity (Wildman–Crippen MR) is 75.5 cm³/mol. The quantitative estimate of drug-likeness (QED) is 0.350. The summed E-state index contributed by atoms with van der Waals surface area (Å²) < 4.78 is 0. The Morgan fingerprint density at radius 2 is 2.00 bits per heavy atom. The van der Waals surface area contributed by atoms with E-state index in [1.165, 1.54) is 6.20 Å². The zero-order valence-electron chi connectivity index (χ0n) is 11.4. The number of aromatic nitrogens is 1. The minimum atomic E-state index is -0.457. The highest BCUT2D eigenvalue weighted by molar-refractivity contribution is 5.65. The summed E-state index contributed by atoms with van der Waals surface area (Å²) in [6, 6.07) is 1.58. The van der Waals surface area contributed by atoms with Crippen LogP contribution in [-0.2, 0) is 0 Å². The molecule has 0 spiro atoms. The summed E-state index contributed by atoms with van der Waals surface area (Å²) in [6.45, 7) is 0. The number of hydrogen-bond donors (Lipinski definition) is 0. The van der Waals surface area contributed by atoms with Crippen molar-refractivity contribution in [1.29, 1.82) is 0 Å². The average molecular weight is 263 g/mol. The first kappa shape index (κ1) is 14.6. The Kier molecular flexibility index (Phi) is 4.99. The Balaban J connectivity index is 3.14. The standard InChI is InChI=1S/C12H17N5O2/c1-15(2)6-5-10-7-12(14-9-16(3)4)13-8-11(10)17(18)19/h5-9H,1-4H3/b6-5+,14-9?. The zero-order chi connectivity index (χ0) is 14.4. The summed E-state index contributed by atoms with van der Waals surface area (Å²) >= 11 is 0. The fraction of sp³-hybridized carbons (Fsp3) is 0.333. The highest BCUT2D eigenvalue weighted by atomic mass is 16.6. The molecular weight excluding hydrogens is 246 g/mol. The maximum absolute atomic E-state index is 10.9. The van der Waals surface area contributed by atoms with Gasteiger partial charge >= 0.3 is 0 Å². The van der Waals surface area contributed by atoms with Gasteiger partial charge in [0.2, 0.25) is 0 Å². The smallest absolute Gasteiger partial charge is 0.294 e. The first-order valence-electron chi connectivity index (χ1n) is 5.60. The average Bonchev–Trinajstić information content (AvgIpc) is 2.33. The van der Waals surface area contributed by atoms with E-state index in [4.69, 9.17) is 0 Å². The summed E-state index contributed by atoms with van der Waals surface area (Å²) in [5.74, 6) is 0.428. The molecule has 7 heteroatoms. The van der Waals surface area contributed by atoms with E-state index in [-0.39, 0.29) is 5.69 Å². The Morgan fingerprint density at radius 3 is 2.53 bits per heavy atom. The normalized spacial score (nSPS) is 11.2. The van der Waals surface area contributed by atoms with Crippen molar-refractivity contribution in [2.75, 3.05) is 28.2 Å². The molecule has 0 amide bonds. The summed E-state index contributed by atoms with van der Waals surface area (Å²) in [5.41, 5.74) is 0.432. The van der Waals surface area contributed by atoms with Gasteiger partial charge in [0.05, 0.1) is 16.8 Å². The Labute approximate surface area is 112 Å². The van der Waals surface area contributed by atoms with Gasteiger partial charge in [-0.25, -0.2) is 9.98 Å². The Hall–Kier alpha value is -2.44. The van der Waals surface area contributed by atoms with E-state index >= 15 is 0 Å². The molecule has 0 fully saturated rings. The number of aliphatic imine (C=N–C) groups is 1. The summed E-state index contributed by atoms with van der Waals surface area (Å²) in [5, 5.41) is 10.9. The lowest BCUT2D eigenvalue weighted by molar-refractivity contribution is -0.385. The van der Waals surface area contributed by atoms with Crippen LogP contribution in [0.1, 0.15) is 5.56 Å². The lowest BCUT2D eigenvalue weighted by Crippen LogP contribution is -2.07. The van der Waals surface area contributed by atoms with Crippen LogP contribution in [0.3, 0.4) is 0 Å². The second kappa shape index (κ2) is 6.48. The maximum Gasteiger partial charge on any atom is 0.294 e. The van der Waals surface area contributed by atoms with Crippen LogP contribution < -0.4 is 0 Å². The van der Waals surface area contributed by atoms with Crippen molar-refractivity contribution in [3.05, 3.63) is 34.1 Å². The molecule has 0 aliphatic heterocycles. The number of nitro groups is 1. The summed E-state index contributed by atoms with van der Waals surface area (Å²) in [6.07, 6.45) is 6.21. The van der Waals surface area contributed by atoms with Crippen LogP contribution in [0.5, 0.6) is 0 Å². The first-order valence-corrected chi connectivity index (χ1v) is 5.60. The fourth-order valence-corrected chi connectivity index (χ4v) is 1.21. The van der Waals surface area contributed by atoms with Crippen molar-refractivity contribution in [3.8, 4) is 0 Å². The molecule has 102 valence electrons. The molecule has 0 saturated carbocycles. The molecular formula is C12H17N5O2. The molecule has 0 aromatic carbocycles. The summed E-state index contributed by atoms with van der Waals surface area (Å²) in [4.78, 5) is 22.1. The largest absolute Gasteiger partial charge is 0.383 e. The molecule has 0 aliphatic carbocycles. The van der Waals surface area contributed by atoms with Crippen molar-refractivity contribution in [1.82, 2.24) is 14.8 Å². The predicted octanol–water partition coefficient (Wildman–Crippen LogP) is 1.74. The van der Waals surface area contributed by atoms with Crippen molar-refractivity contribution in [2.24, 2.45) is 4.99 Å². The van der Waals surface area contributed by atoms with Crippen LogP contribution in [0.15, 0.2) is 23.5 Å². The molecule has 0 saturated heterocycles. The molecule has 0 bridgehead atoms. The molecule has 1 rings (SSSR count). The van der Waals surface area contributed by atoms with E-state index in [0.29, 0.717) is 11.4 Å². The molecule has 19 heavy (non-hydrogen) atoms. The van der Waals surface area contributed by atoms with Crippen molar-refractivity contribution in [2.45, 2.75) is 0 Å². The van der Waals surface area contributed by atoms with Crippen molar-refractivity contribution in [3.63, 3.8) is 0 Å². The maximum atomic E-state index is 10.9. The van der Waals surface area contributed by atoms with Crippen LogP contribution in [0.4, 0.5) is 11.5 Å². The number of nitrogens with zero attached hydrogens (tertiary/aromatic N) is 5. The zero-order valence-corrected chi connectivity index (χ0v) is 11.4. The number of pyridine rings is 1. The third-order valence-corrected chi connectivity index (χ3v) is 2.07. The molecule has 0 radical (unpaired) electrons. The van der Waals surface area contributed by atoms with Gasteiger partial charge in [-0.2, -0.15) is 0 Å². The first-order chi connectivity index (χ1) is 8.90. The van der Waals surface area contributed by atoms with Gasteiger partial charge in [-0.15, -0.1) is 0 Å². The lowest BCUT2D eigenvalue weighted by atomic mass is 10.2. The molecule has 0 atom stereocenters. The minimum Gasteiger partial charge on any atom is -0.383 e. The third-order valence-electron chi connectivity index (χ3n) is 2.07. The van der Waals surface area contributed by atoms with E-state index < -0.39 is 4.92 Å². The van der Waals surface area contributed by atoms with Gasteiger partial charge < -0.3 is 9.80 Å². The van der Waals surface area contributed by atoms with E-state index in [0.717, 1.165) is 0 Å². The second-order valence-electron chi connectivity index (χ2n) is 4.35. The Morgan fingerprint density at radius 1 is 1.32 bits per heavy atom. The number of rotatable bonds is 5. The van der Waals surface area contributed by atoms with E-state index in [1.807, 2.05) is 28.2 Å². The minimum absolute atomic E-state index is 0.0399. The topological polar surface area (TPSA) is 74.9 Å². The molecule has 1 aromatic heterocycles. The van der Waals surface area contributed by atoms with E-state index in [2.05, 4.69) is 9.98 Å². The van der Waals surface area contributed by atoms with Gasteiger partial charge in [0.15, 0.2) is 5.82 Å². The van der Waals surface area contributed by atoms with E-state index in [9.17, 15) is 10.1 Å². The SMILES string of the molecule is CN(C)C=Nc1cc(/C=C/N(C)C)c([N+](=O)[O-])cn1. The second-order valence-corrected chi connectivity index (χ2v) is 4.35. The molecule has 7 nitrogen and oxygen atoms in total. The molecule has 0 N–H and O–H groups in total. The molecule has 0 aliphatic rings. The highest BCUT2D eigenvalue weighted by Crippen LogP contribution is 2.22. The van der Waals surface area contributed by atoms with E-state index in [1.54, 1.807) is 34.5 Å². The molecule has 1 heterocycles. The van der Waals surface area contributed by atoms with Crippen LogP contribution in [-0.4, -0.2) is 54.2 Å². The Bertz CT molecular complexity index is 509. The fourth-order valence-electron chi connectivity index (χ4n) is 1.21. The van der Waals surface area contributed by atoms with Gasteiger partial charge in [-0.05, 0) is 18.3 Å². The van der Waals surface area contributed by atoms with Crippen LogP contribution in [0.25, 0.3) is 6.08 Å². The van der Waals surface area contributed by atoms with Crippen LogP contribution in [0.2, 0.25) is 0 Å². The van der Waals surface area contributed by atoms with Crippen LogP contribution >= 0.6 is 0 Å². The highest BCUT2D eigenvalue weighted by Gasteiger charge is 2.12.